The molecule has 1 aliphatic carbocycles. The zero-order valence-corrected chi connectivity index (χ0v) is 13.9. The molecule has 0 saturated carbocycles. The lowest BCUT2D eigenvalue weighted by Crippen LogP contribution is -2.55. The van der Waals surface area contributed by atoms with Gasteiger partial charge in [-0.1, -0.05) is 35.9 Å². The molecule has 0 radical (unpaired) electrons. The van der Waals surface area contributed by atoms with Crippen LogP contribution in [0.1, 0.15) is 20.7 Å². The van der Waals surface area contributed by atoms with Gasteiger partial charge in [-0.3, -0.25) is 9.59 Å². The molecule has 1 aromatic carbocycles. The maximum atomic E-state index is 12.8. The quantitative estimate of drug-likeness (QED) is 0.849. The highest BCUT2D eigenvalue weighted by Gasteiger charge is 2.41. The molecular formula is C15H15ClN2O4S. The molecule has 0 spiro atoms. The number of carbonyl (C=O) groups excluding carboxylic acids is 2. The van der Waals surface area contributed by atoms with Crippen LogP contribution in [0.5, 0.6) is 0 Å². The number of hydrogen-bond acceptors (Lipinski definition) is 5. The van der Waals surface area contributed by atoms with E-state index < -0.39 is 27.6 Å². The molecule has 3 rings (SSSR count). The molecule has 1 aromatic rings. The summed E-state index contributed by atoms with van der Waals surface area (Å²) in [7, 11) is -3.53. The average molecular weight is 355 g/mol. The zero-order chi connectivity index (χ0) is 16.8. The summed E-state index contributed by atoms with van der Waals surface area (Å²) in [6.45, 7) is 0.938. The predicted molar refractivity (Wildman–Crippen MR) is 86.2 cm³/mol. The lowest BCUT2D eigenvalue weighted by Gasteiger charge is -2.36. The molecule has 8 heteroatoms. The van der Waals surface area contributed by atoms with Gasteiger partial charge in [-0.05, 0) is 0 Å². The van der Waals surface area contributed by atoms with Crippen LogP contribution >= 0.6 is 11.6 Å². The maximum absolute atomic E-state index is 12.8. The van der Waals surface area contributed by atoms with Crippen LogP contribution < -0.4 is 5.32 Å². The van der Waals surface area contributed by atoms with Crippen molar-refractivity contribution in [3.05, 3.63) is 46.0 Å². The second kappa shape index (κ2) is 5.83. The molecule has 1 saturated heterocycles. The Hall–Kier alpha value is -1.54. The molecular weight excluding hydrogens is 340 g/mol. The lowest BCUT2D eigenvalue weighted by molar-refractivity contribution is 0.0965. The van der Waals surface area contributed by atoms with Crippen LogP contribution in [0.15, 0.2) is 34.9 Å². The second-order valence-corrected chi connectivity index (χ2v) is 7.84. The molecule has 122 valence electrons. The molecule has 0 bridgehead atoms. The van der Waals surface area contributed by atoms with E-state index in [0.717, 1.165) is 6.26 Å². The number of hydrogen-bond donors (Lipinski definition) is 1. The molecule has 1 fully saturated rings. The molecule has 1 heterocycles. The fraction of sp³-hybridized carbons (Fsp3) is 0.333. The maximum Gasteiger partial charge on any atom is 0.211 e. The van der Waals surface area contributed by atoms with E-state index in [-0.39, 0.29) is 34.8 Å². The van der Waals surface area contributed by atoms with Gasteiger partial charge in [-0.15, -0.1) is 0 Å². The number of nitrogens with one attached hydrogen (secondary N) is 1. The Bertz CT molecular complexity index is 832. The smallest absolute Gasteiger partial charge is 0.211 e. The third-order valence-electron chi connectivity index (χ3n) is 4.05. The van der Waals surface area contributed by atoms with Crippen LogP contribution in [0, 0.1) is 0 Å². The highest BCUT2D eigenvalue weighted by molar-refractivity contribution is 7.88. The van der Waals surface area contributed by atoms with E-state index >= 15 is 0 Å². The minimum atomic E-state index is -3.53. The van der Waals surface area contributed by atoms with E-state index in [1.807, 2.05) is 0 Å². The summed E-state index contributed by atoms with van der Waals surface area (Å²) in [5, 5.41) is 2.85. The molecule has 1 atom stereocenters. The summed E-state index contributed by atoms with van der Waals surface area (Å²) in [5.74, 6) is -0.844. The number of rotatable bonds is 2. The molecule has 23 heavy (non-hydrogen) atoms. The van der Waals surface area contributed by atoms with Gasteiger partial charge >= 0.3 is 0 Å². The van der Waals surface area contributed by atoms with Gasteiger partial charge in [-0.2, -0.15) is 4.31 Å². The topological polar surface area (TPSA) is 83.6 Å². The van der Waals surface area contributed by atoms with Crippen molar-refractivity contribution in [1.82, 2.24) is 9.62 Å². The summed E-state index contributed by atoms with van der Waals surface area (Å²) in [6, 6.07) is 5.64. The molecule has 0 aromatic heterocycles. The minimum Gasteiger partial charge on any atom is -0.313 e. The van der Waals surface area contributed by atoms with Crippen molar-refractivity contribution in [3.63, 3.8) is 0 Å². The predicted octanol–water partition coefficient (Wildman–Crippen LogP) is 0.792. The molecule has 1 N–H and O–H groups in total. The number of nitrogens with zero attached hydrogens (tertiary/aromatic N) is 1. The summed E-state index contributed by atoms with van der Waals surface area (Å²) in [4.78, 5) is 25.2. The molecule has 0 amide bonds. The fourth-order valence-corrected chi connectivity index (χ4v) is 4.37. The van der Waals surface area contributed by atoms with Crippen LogP contribution in [0.2, 0.25) is 0 Å². The fourth-order valence-electron chi connectivity index (χ4n) is 2.99. The van der Waals surface area contributed by atoms with Crippen LogP contribution in [0.4, 0.5) is 0 Å². The Labute approximate surface area is 139 Å². The third-order valence-corrected chi connectivity index (χ3v) is 5.71. The number of Topliss-reactive ketones (excluding diaryl/α,β-unsaturated/α-hetero) is 2. The summed E-state index contributed by atoms with van der Waals surface area (Å²) in [6.07, 6.45) is 1.09. The van der Waals surface area contributed by atoms with Gasteiger partial charge in [-0.25, -0.2) is 8.42 Å². The highest BCUT2D eigenvalue weighted by Crippen LogP contribution is 2.32. The number of benzene rings is 1. The van der Waals surface area contributed by atoms with Gasteiger partial charge in [0.25, 0.3) is 0 Å². The number of fused-ring (bicyclic) bond motifs is 1. The molecule has 2 aliphatic rings. The largest absolute Gasteiger partial charge is 0.313 e. The first kappa shape index (κ1) is 16.3. The van der Waals surface area contributed by atoms with Crippen LogP contribution in [0.3, 0.4) is 0 Å². The monoisotopic (exact) mass is 354 g/mol. The Morgan fingerprint density at radius 3 is 2.39 bits per heavy atom. The van der Waals surface area contributed by atoms with Crippen molar-refractivity contribution < 1.29 is 18.0 Å². The first-order chi connectivity index (χ1) is 10.8. The molecule has 1 unspecified atom stereocenters. The van der Waals surface area contributed by atoms with Crippen molar-refractivity contribution in [2.75, 3.05) is 25.9 Å². The van der Waals surface area contributed by atoms with E-state index in [9.17, 15) is 18.0 Å². The van der Waals surface area contributed by atoms with Crippen molar-refractivity contribution >= 4 is 33.2 Å². The number of piperazine rings is 1. The van der Waals surface area contributed by atoms with Gasteiger partial charge in [0.1, 0.15) is 0 Å². The average Bonchev–Trinajstić information content (AvgIpc) is 2.52. The van der Waals surface area contributed by atoms with Crippen molar-refractivity contribution in [2.24, 2.45) is 0 Å². The van der Waals surface area contributed by atoms with E-state index in [2.05, 4.69) is 5.32 Å². The minimum absolute atomic E-state index is 0.0491. The normalized spacial score (nSPS) is 23.1. The number of halogens is 1. The summed E-state index contributed by atoms with van der Waals surface area (Å²) in [5.41, 5.74) is 0.560. The Morgan fingerprint density at radius 1 is 1.17 bits per heavy atom. The highest BCUT2D eigenvalue weighted by atomic mass is 35.5. The van der Waals surface area contributed by atoms with E-state index in [0.29, 0.717) is 6.54 Å². The second-order valence-electron chi connectivity index (χ2n) is 5.53. The first-order valence-electron chi connectivity index (χ1n) is 7.08. The van der Waals surface area contributed by atoms with E-state index in [1.54, 1.807) is 24.3 Å². The van der Waals surface area contributed by atoms with Gasteiger partial charge in [0.05, 0.1) is 17.3 Å². The zero-order valence-electron chi connectivity index (χ0n) is 12.4. The third kappa shape index (κ3) is 2.74. The van der Waals surface area contributed by atoms with Crippen LogP contribution in [-0.2, 0) is 10.0 Å². The van der Waals surface area contributed by atoms with Crippen LogP contribution in [-0.4, -0.2) is 56.2 Å². The van der Waals surface area contributed by atoms with Crippen LogP contribution in [0.25, 0.3) is 0 Å². The number of ketones is 2. The van der Waals surface area contributed by atoms with Crippen molar-refractivity contribution in [2.45, 2.75) is 6.04 Å². The number of allylic oxidation sites excluding steroid dienone is 1. The summed E-state index contributed by atoms with van der Waals surface area (Å²) < 4.78 is 25.3. The number of sulfonamides is 1. The summed E-state index contributed by atoms with van der Waals surface area (Å²) >= 11 is 6.16. The number of carbonyl (C=O) groups is 2. The lowest BCUT2D eigenvalue weighted by atomic mass is 9.85. The molecule has 6 nitrogen and oxygen atoms in total. The van der Waals surface area contributed by atoms with Gasteiger partial charge < -0.3 is 5.32 Å². The standard InChI is InChI=1S/C15H15ClN2O4S/c1-23(21,22)18-7-6-17-8-11(18)12-13(16)15(20)10-5-3-2-4-9(10)14(12)19/h2-5,11,17H,6-8H2,1H3. The Kier molecular flexibility index (Phi) is 4.14. The SMILES string of the molecule is CS(=O)(=O)N1CCNCC1C1=C(Cl)C(=O)c2ccccc2C1=O. The Balaban J connectivity index is 2.13. The van der Waals surface area contributed by atoms with Gasteiger partial charge in [0.15, 0.2) is 5.78 Å². The molecule has 1 aliphatic heterocycles. The van der Waals surface area contributed by atoms with Crippen molar-refractivity contribution in [3.8, 4) is 0 Å². The first-order valence-corrected chi connectivity index (χ1v) is 9.30. The van der Waals surface area contributed by atoms with Crippen molar-refractivity contribution in [1.29, 1.82) is 0 Å². The van der Waals surface area contributed by atoms with Gasteiger partial charge in [0.2, 0.25) is 15.8 Å². The van der Waals surface area contributed by atoms with Gasteiger partial charge in [0, 0.05) is 36.3 Å². The van der Waals surface area contributed by atoms with E-state index in [4.69, 9.17) is 11.6 Å². The Morgan fingerprint density at radius 2 is 1.78 bits per heavy atom. The van der Waals surface area contributed by atoms with E-state index in [1.165, 1.54) is 4.31 Å².